The Labute approximate surface area is 144 Å². The average molecular weight is 332 g/mol. The van der Waals surface area contributed by atoms with E-state index >= 15 is 0 Å². The van der Waals surface area contributed by atoms with Gasteiger partial charge in [0.2, 0.25) is 5.91 Å². The molecule has 1 aromatic heterocycles. The van der Waals surface area contributed by atoms with Gasteiger partial charge in [-0.25, -0.2) is 4.79 Å². The molecular weight excluding hydrogens is 316 g/mol. The van der Waals surface area contributed by atoms with Gasteiger partial charge in [-0.15, -0.1) is 0 Å². The molecule has 0 spiro atoms. The summed E-state index contributed by atoms with van der Waals surface area (Å²) >= 11 is 0. The Morgan fingerprint density at radius 2 is 1.60 bits per heavy atom. The SMILES string of the molecule is NC(=O)Nc1ccc(NC(=O)/C=C/c2cccc3cccnc23)cc1. The van der Waals surface area contributed by atoms with Crippen LogP contribution in [0.15, 0.2) is 66.9 Å². The Morgan fingerprint density at radius 3 is 2.32 bits per heavy atom. The molecule has 3 amide bonds. The van der Waals surface area contributed by atoms with Crippen molar-refractivity contribution in [2.45, 2.75) is 0 Å². The molecule has 124 valence electrons. The molecule has 0 saturated heterocycles. The molecule has 6 heteroatoms. The lowest BCUT2D eigenvalue weighted by Gasteiger charge is -2.05. The summed E-state index contributed by atoms with van der Waals surface area (Å²) in [5.41, 5.74) is 7.93. The van der Waals surface area contributed by atoms with E-state index in [0.717, 1.165) is 16.5 Å². The van der Waals surface area contributed by atoms with Crippen molar-refractivity contribution in [1.82, 2.24) is 4.98 Å². The molecule has 0 unspecified atom stereocenters. The second-order valence-electron chi connectivity index (χ2n) is 5.31. The summed E-state index contributed by atoms with van der Waals surface area (Å²) in [7, 11) is 0. The third kappa shape index (κ3) is 4.20. The topological polar surface area (TPSA) is 97.1 Å². The zero-order valence-corrected chi connectivity index (χ0v) is 13.3. The summed E-state index contributed by atoms with van der Waals surface area (Å²) in [6.07, 6.45) is 4.91. The quantitative estimate of drug-likeness (QED) is 0.639. The molecule has 25 heavy (non-hydrogen) atoms. The molecule has 0 bridgehead atoms. The summed E-state index contributed by atoms with van der Waals surface area (Å²) in [5.74, 6) is -0.261. The minimum atomic E-state index is -0.636. The van der Waals surface area contributed by atoms with Crippen molar-refractivity contribution < 1.29 is 9.59 Å². The van der Waals surface area contributed by atoms with Crippen LogP contribution in [0.4, 0.5) is 16.2 Å². The second kappa shape index (κ2) is 7.27. The second-order valence-corrected chi connectivity index (χ2v) is 5.31. The maximum Gasteiger partial charge on any atom is 0.316 e. The van der Waals surface area contributed by atoms with E-state index in [1.54, 1.807) is 36.5 Å². The van der Waals surface area contributed by atoms with Crippen molar-refractivity contribution in [2.24, 2.45) is 5.73 Å². The first-order chi connectivity index (χ1) is 12.1. The number of nitrogens with two attached hydrogens (primary N) is 1. The molecule has 2 aromatic carbocycles. The number of nitrogens with zero attached hydrogens (tertiary/aromatic N) is 1. The van der Waals surface area contributed by atoms with Crippen LogP contribution in [0.5, 0.6) is 0 Å². The minimum absolute atomic E-state index is 0.261. The number of carbonyl (C=O) groups excluding carboxylic acids is 2. The van der Waals surface area contributed by atoms with Crippen LogP contribution in [0.3, 0.4) is 0 Å². The molecule has 0 saturated carbocycles. The Kier molecular flexibility index (Phi) is 4.71. The van der Waals surface area contributed by atoms with E-state index in [-0.39, 0.29) is 5.91 Å². The van der Waals surface area contributed by atoms with Gasteiger partial charge in [-0.1, -0.05) is 24.3 Å². The lowest BCUT2D eigenvalue weighted by atomic mass is 10.1. The van der Waals surface area contributed by atoms with E-state index in [0.29, 0.717) is 11.4 Å². The molecule has 0 fully saturated rings. The average Bonchev–Trinajstić information content (AvgIpc) is 2.61. The Hall–Kier alpha value is -3.67. The highest BCUT2D eigenvalue weighted by molar-refractivity contribution is 6.03. The van der Waals surface area contributed by atoms with Crippen LogP contribution < -0.4 is 16.4 Å². The summed E-state index contributed by atoms with van der Waals surface area (Å²) in [6, 6.07) is 15.7. The fourth-order valence-corrected chi connectivity index (χ4v) is 2.39. The van der Waals surface area contributed by atoms with Crippen molar-refractivity contribution in [3.63, 3.8) is 0 Å². The smallest absolute Gasteiger partial charge is 0.316 e. The predicted molar refractivity (Wildman–Crippen MR) is 99.1 cm³/mol. The largest absolute Gasteiger partial charge is 0.351 e. The number of aromatic nitrogens is 1. The summed E-state index contributed by atoms with van der Waals surface area (Å²) < 4.78 is 0. The van der Waals surface area contributed by atoms with Crippen molar-refractivity contribution in [3.05, 3.63) is 72.4 Å². The number of carbonyl (C=O) groups is 2. The van der Waals surface area contributed by atoms with E-state index in [1.807, 2.05) is 30.3 Å². The van der Waals surface area contributed by atoms with E-state index in [9.17, 15) is 9.59 Å². The van der Waals surface area contributed by atoms with Gasteiger partial charge in [0.1, 0.15) is 0 Å². The summed E-state index contributed by atoms with van der Waals surface area (Å²) in [4.78, 5) is 27.2. The van der Waals surface area contributed by atoms with Gasteiger partial charge >= 0.3 is 6.03 Å². The lowest BCUT2D eigenvalue weighted by Crippen LogP contribution is -2.19. The number of nitrogens with one attached hydrogen (secondary N) is 2. The van der Waals surface area contributed by atoms with Gasteiger partial charge in [-0.2, -0.15) is 0 Å². The van der Waals surface area contributed by atoms with Crippen LogP contribution in [0.2, 0.25) is 0 Å². The first-order valence-corrected chi connectivity index (χ1v) is 7.61. The maximum atomic E-state index is 12.1. The molecular formula is C19H16N4O2. The number of amides is 3. The van der Waals surface area contributed by atoms with Crippen LogP contribution >= 0.6 is 0 Å². The van der Waals surface area contributed by atoms with Gasteiger partial charge < -0.3 is 16.4 Å². The molecule has 0 radical (unpaired) electrons. The van der Waals surface area contributed by atoms with Gasteiger partial charge in [0, 0.05) is 34.6 Å². The van der Waals surface area contributed by atoms with Crippen LogP contribution in [-0.2, 0) is 4.79 Å². The molecule has 1 heterocycles. The molecule has 0 aliphatic rings. The predicted octanol–water partition coefficient (Wildman–Crippen LogP) is 3.38. The number of para-hydroxylation sites is 1. The van der Waals surface area contributed by atoms with Crippen molar-refractivity contribution in [3.8, 4) is 0 Å². The normalized spacial score (nSPS) is 10.7. The van der Waals surface area contributed by atoms with Crippen LogP contribution in [0, 0.1) is 0 Å². The van der Waals surface area contributed by atoms with Gasteiger partial charge in [0.05, 0.1) is 5.52 Å². The summed E-state index contributed by atoms with van der Waals surface area (Å²) in [5, 5.41) is 6.22. The number of benzene rings is 2. The first-order valence-electron chi connectivity index (χ1n) is 7.61. The molecule has 3 rings (SSSR count). The van der Waals surface area contributed by atoms with Gasteiger partial charge in [0.25, 0.3) is 0 Å². The molecule has 0 aliphatic heterocycles. The number of anilines is 2. The number of urea groups is 1. The van der Waals surface area contributed by atoms with Gasteiger partial charge in [-0.05, 0) is 36.4 Å². The first kappa shape index (κ1) is 16.2. The number of hydrogen-bond donors (Lipinski definition) is 3. The third-order valence-electron chi connectivity index (χ3n) is 3.50. The third-order valence-corrected chi connectivity index (χ3v) is 3.50. The highest BCUT2D eigenvalue weighted by Gasteiger charge is 2.02. The summed E-state index contributed by atoms with van der Waals surface area (Å²) in [6.45, 7) is 0. The van der Waals surface area contributed by atoms with Crippen LogP contribution in [0.1, 0.15) is 5.56 Å². The fourth-order valence-electron chi connectivity index (χ4n) is 2.39. The number of hydrogen-bond acceptors (Lipinski definition) is 3. The minimum Gasteiger partial charge on any atom is -0.351 e. The lowest BCUT2D eigenvalue weighted by molar-refractivity contribution is -0.111. The Balaban J connectivity index is 1.69. The molecule has 3 aromatic rings. The highest BCUT2D eigenvalue weighted by Crippen LogP contribution is 2.17. The number of primary amides is 1. The Bertz CT molecular complexity index is 944. The molecule has 0 atom stereocenters. The van der Waals surface area contributed by atoms with Gasteiger partial charge in [0.15, 0.2) is 0 Å². The molecule has 4 N–H and O–H groups in total. The fraction of sp³-hybridized carbons (Fsp3) is 0. The van der Waals surface area contributed by atoms with Crippen molar-refractivity contribution >= 4 is 40.3 Å². The Morgan fingerprint density at radius 1 is 0.920 bits per heavy atom. The van der Waals surface area contributed by atoms with E-state index < -0.39 is 6.03 Å². The zero-order chi connectivity index (χ0) is 17.6. The zero-order valence-electron chi connectivity index (χ0n) is 13.3. The van der Waals surface area contributed by atoms with E-state index in [1.165, 1.54) is 6.08 Å². The van der Waals surface area contributed by atoms with E-state index in [4.69, 9.17) is 5.73 Å². The van der Waals surface area contributed by atoms with Gasteiger partial charge in [-0.3, -0.25) is 9.78 Å². The molecule has 6 nitrogen and oxygen atoms in total. The monoisotopic (exact) mass is 332 g/mol. The standard InChI is InChI=1S/C19H16N4O2/c20-19(25)23-16-9-7-15(8-10-16)22-17(24)11-6-14-4-1-3-13-5-2-12-21-18(13)14/h1-12H,(H,22,24)(H3,20,23,25)/b11-6+. The number of fused-ring (bicyclic) bond motifs is 1. The van der Waals surface area contributed by atoms with Crippen LogP contribution in [0.25, 0.3) is 17.0 Å². The van der Waals surface area contributed by atoms with Crippen LogP contribution in [-0.4, -0.2) is 16.9 Å². The maximum absolute atomic E-state index is 12.1. The number of rotatable bonds is 4. The highest BCUT2D eigenvalue weighted by atomic mass is 16.2. The number of pyridine rings is 1. The van der Waals surface area contributed by atoms with Crippen molar-refractivity contribution in [1.29, 1.82) is 0 Å². The van der Waals surface area contributed by atoms with Crippen molar-refractivity contribution in [2.75, 3.05) is 10.6 Å². The van der Waals surface area contributed by atoms with E-state index in [2.05, 4.69) is 15.6 Å². The molecule has 0 aliphatic carbocycles.